The molecule has 1 amide bonds. The average molecular weight is 250 g/mol. The van der Waals surface area contributed by atoms with Crippen molar-refractivity contribution in [3.05, 3.63) is 23.5 Å². The van der Waals surface area contributed by atoms with Gasteiger partial charge in [0, 0.05) is 18.5 Å². The number of rotatable bonds is 5. The van der Waals surface area contributed by atoms with Crippen LogP contribution < -0.4 is 5.32 Å². The molecule has 5 heteroatoms. The summed E-state index contributed by atoms with van der Waals surface area (Å²) in [6.07, 6.45) is 0.193. The zero-order chi connectivity index (χ0) is 13.7. The molecule has 0 spiro atoms. The van der Waals surface area contributed by atoms with Gasteiger partial charge in [-0.25, -0.2) is 0 Å². The summed E-state index contributed by atoms with van der Waals surface area (Å²) in [5.74, 6) is -1.25. The van der Waals surface area contributed by atoms with Crippen molar-refractivity contribution in [3.8, 4) is 0 Å². The second-order valence-corrected chi connectivity index (χ2v) is 4.54. The van der Waals surface area contributed by atoms with Gasteiger partial charge >= 0.3 is 5.97 Å². The van der Waals surface area contributed by atoms with E-state index in [0.717, 1.165) is 11.4 Å². The number of aromatic nitrogens is 1. The van der Waals surface area contributed by atoms with Crippen LogP contribution in [0.15, 0.2) is 12.1 Å². The van der Waals surface area contributed by atoms with Gasteiger partial charge in [0.15, 0.2) is 0 Å². The van der Waals surface area contributed by atoms with E-state index in [1.807, 2.05) is 19.9 Å². The first kappa shape index (κ1) is 14.2. The lowest BCUT2D eigenvalue weighted by molar-refractivity contribution is -0.138. The fourth-order valence-corrected chi connectivity index (χ4v) is 1.71. The van der Waals surface area contributed by atoms with E-state index in [1.54, 1.807) is 13.0 Å². The van der Waals surface area contributed by atoms with Crippen LogP contribution in [0.25, 0.3) is 0 Å². The van der Waals surface area contributed by atoms with E-state index in [2.05, 4.69) is 10.3 Å². The summed E-state index contributed by atoms with van der Waals surface area (Å²) in [5, 5.41) is 11.4. The molecule has 0 aliphatic rings. The Morgan fingerprint density at radius 1 is 1.33 bits per heavy atom. The van der Waals surface area contributed by atoms with Crippen LogP contribution in [0.1, 0.15) is 31.2 Å². The summed E-state index contributed by atoms with van der Waals surface area (Å²) in [6.45, 7) is 5.45. The second-order valence-electron chi connectivity index (χ2n) is 4.54. The van der Waals surface area contributed by atoms with Crippen LogP contribution in [-0.2, 0) is 9.59 Å². The summed E-state index contributed by atoms with van der Waals surface area (Å²) in [4.78, 5) is 26.5. The molecular weight excluding hydrogens is 232 g/mol. The van der Waals surface area contributed by atoms with Gasteiger partial charge in [-0.3, -0.25) is 14.6 Å². The Balaban J connectivity index is 2.56. The molecule has 0 saturated carbocycles. The van der Waals surface area contributed by atoms with Crippen LogP contribution in [0, 0.1) is 19.8 Å². The molecule has 1 aromatic heterocycles. The third kappa shape index (κ3) is 4.53. The largest absolute Gasteiger partial charge is 0.481 e. The summed E-state index contributed by atoms with van der Waals surface area (Å²) in [7, 11) is 0. The Labute approximate surface area is 106 Å². The molecule has 0 fully saturated rings. The number of pyridine rings is 1. The molecular formula is C13H18N2O3. The highest BCUT2D eigenvalue weighted by Crippen LogP contribution is 2.15. The fourth-order valence-electron chi connectivity index (χ4n) is 1.71. The van der Waals surface area contributed by atoms with Crippen LogP contribution in [-0.4, -0.2) is 22.0 Å². The lowest BCUT2D eigenvalue weighted by Crippen LogP contribution is -2.17. The highest BCUT2D eigenvalue weighted by atomic mass is 16.4. The van der Waals surface area contributed by atoms with Crippen LogP contribution in [0.3, 0.4) is 0 Å². The number of aliphatic carboxylic acids is 1. The van der Waals surface area contributed by atoms with Crippen molar-refractivity contribution in [2.45, 2.75) is 33.6 Å². The van der Waals surface area contributed by atoms with Crippen LogP contribution in [0.2, 0.25) is 0 Å². The van der Waals surface area contributed by atoms with Gasteiger partial charge in [-0.1, -0.05) is 6.92 Å². The van der Waals surface area contributed by atoms with Crippen molar-refractivity contribution in [2.24, 2.45) is 5.92 Å². The number of carboxylic acids is 1. The number of carbonyl (C=O) groups excluding carboxylic acids is 1. The smallest absolute Gasteiger partial charge is 0.303 e. The van der Waals surface area contributed by atoms with Crippen LogP contribution in [0.4, 0.5) is 5.69 Å². The summed E-state index contributed by atoms with van der Waals surface area (Å²) < 4.78 is 0. The highest BCUT2D eigenvalue weighted by molar-refractivity contribution is 5.91. The highest BCUT2D eigenvalue weighted by Gasteiger charge is 2.13. The number of hydrogen-bond donors (Lipinski definition) is 2. The van der Waals surface area contributed by atoms with Gasteiger partial charge < -0.3 is 10.4 Å². The Bertz CT molecular complexity index is 458. The fraction of sp³-hybridized carbons (Fsp3) is 0.462. The molecule has 98 valence electrons. The molecule has 0 radical (unpaired) electrons. The van der Waals surface area contributed by atoms with E-state index >= 15 is 0 Å². The minimum Gasteiger partial charge on any atom is -0.481 e. The molecule has 1 atom stereocenters. The Morgan fingerprint density at radius 2 is 2.00 bits per heavy atom. The molecule has 0 aliphatic carbocycles. The van der Waals surface area contributed by atoms with Gasteiger partial charge in [-0.2, -0.15) is 0 Å². The van der Waals surface area contributed by atoms with Crippen LogP contribution in [0.5, 0.6) is 0 Å². The maximum atomic E-state index is 11.7. The van der Waals surface area contributed by atoms with Crippen molar-refractivity contribution >= 4 is 17.6 Å². The van der Waals surface area contributed by atoms with Gasteiger partial charge in [-0.15, -0.1) is 0 Å². The topological polar surface area (TPSA) is 79.3 Å². The number of nitrogens with zero attached hydrogens (tertiary/aromatic N) is 1. The van der Waals surface area contributed by atoms with Gasteiger partial charge in [-0.05, 0) is 31.9 Å². The van der Waals surface area contributed by atoms with Crippen LogP contribution >= 0.6 is 0 Å². The third-order valence-corrected chi connectivity index (χ3v) is 2.56. The molecule has 2 N–H and O–H groups in total. The molecule has 5 nitrogen and oxygen atoms in total. The predicted molar refractivity (Wildman–Crippen MR) is 68.4 cm³/mol. The zero-order valence-corrected chi connectivity index (χ0v) is 10.9. The van der Waals surface area contributed by atoms with E-state index in [-0.39, 0.29) is 24.7 Å². The number of hydrogen-bond acceptors (Lipinski definition) is 3. The molecule has 0 saturated heterocycles. The van der Waals surface area contributed by atoms with Crippen molar-refractivity contribution in [2.75, 3.05) is 5.32 Å². The maximum absolute atomic E-state index is 11.7. The van der Waals surface area contributed by atoms with Crippen molar-refractivity contribution in [1.82, 2.24) is 4.98 Å². The molecule has 0 aliphatic heterocycles. The molecule has 0 bridgehead atoms. The van der Waals surface area contributed by atoms with Crippen molar-refractivity contribution in [3.63, 3.8) is 0 Å². The van der Waals surface area contributed by atoms with Gasteiger partial charge in [0.2, 0.25) is 5.91 Å². The van der Waals surface area contributed by atoms with Gasteiger partial charge in [0.1, 0.15) is 0 Å². The molecule has 1 heterocycles. The number of carbonyl (C=O) groups is 2. The zero-order valence-electron chi connectivity index (χ0n) is 10.9. The van der Waals surface area contributed by atoms with E-state index in [1.165, 1.54) is 0 Å². The standard InChI is InChI=1S/C13H18N2O3/c1-8(7-13(17)18)6-12(16)15-11-5-4-9(2)14-10(11)3/h4-5,8H,6-7H2,1-3H3,(H,15,16)(H,17,18). The number of amides is 1. The Hall–Kier alpha value is -1.91. The normalized spacial score (nSPS) is 11.9. The minimum atomic E-state index is -0.886. The maximum Gasteiger partial charge on any atom is 0.303 e. The minimum absolute atomic E-state index is 0.00144. The van der Waals surface area contributed by atoms with E-state index in [9.17, 15) is 9.59 Å². The van der Waals surface area contributed by atoms with Crippen molar-refractivity contribution in [1.29, 1.82) is 0 Å². The Morgan fingerprint density at radius 3 is 2.56 bits per heavy atom. The quantitative estimate of drug-likeness (QED) is 0.839. The molecule has 1 rings (SSSR count). The Kier molecular flexibility index (Phi) is 4.83. The summed E-state index contributed by atoms with van der Waals surface area (Å²) in [6, 6.07) is 3.63. The predicted octanol–water partition coefficient (Wildman–Crippen LogP) is 2.14. The lowest BCUT2D eigenvalue weighted by atomic mass is 10.0. The first-order valence-corrected chi connectivity index (χ1v) is 5.84. The van der Waals surface area contributed by atoms with E-state index < -0.39 is 5.97 Å². The van der Waals surface area contributed by atoms with Gasteiger partial charge in [0.05, 0.1) is 11.4 Å². The first-order valence-electron chi connectivity index (χ1n) is 5.84. The summed E-state index contributed by atoms with van der Waals surface area (Å²) >= 11 is 0. The number of carboxylic acid groups (broad SMARTS) is 1. The number of aryl methyl sites for hydroxylation is 2. The lowest BCUT2D eigenvalue weighted by Gasteiger charge is -2.11. The number of nitrogens with one attached hydrogen (secondary N) is 1. The monoisotopic (exact) mass is 250 g/mol. The van der Waals surface area contributed by atoms with Crippen molar-refractivity contribution < 1.29 is 14.7 Å². The molecule has 1 unspecified atom stereocenters. The number of anilines is 1. The molecule has 1 aromatic rings. The second kappa shape index (κ2) is 6.14. The van der Waals surface area contributed by atoms with E-state index in [0.29, 0.717) is 5.69 Å². The summed E-state index contributed by atoms with van der Waals surface area (Å²) in [5.41, 5.74) is 2.33. The average Bonchev–Trinajstić information content (AvgIpc) is 2.20. The van der Waals surface area contributed by atoms with Gasteiger partial charge in [0.25, 0.3) is 0 Å². The molecule has 18 heavy (non-hydrogen) atoms. The molecule has 0 aromatic carbocycles. The SMILES string of the molecule is Cc1ccc(NC(=O)CC(C)CC(=O)O)c(C)n1. The first-order chi connectivity index (χ1) is 8.38. The van der Waals surface area contributed by atoms with E-state index in [4.69, 9.17) is 5.11 Å². The third-order valence-electron chi connectivity index (χ3n) is 2.56.